The molecule has 4 heteroatoms. The molecule has 1 atom stereocenters. The van der Waals surface area contributed by atoms with E-state index in [2.05, 4.69) is 29.6 Å². The molecule has 1 aliphatic rings. The SMILES string of the molecule is CCOC(=O)N1CCCNC(Cc2ccccc2)C1. The van der Waals surface area contributed by atoms with Crippen LogP contribution in [0.5, 0.6) is 0 Å². The van der Waals surface area contributed by atoms with Crippen molar-refractivity contribution in [2.24, 2.45) is 0 Å². The van der Waals surface area contributed by atoms with E-state index in [-0.39, 0.29) is 6.09 Å². The highest BCUT2D eigenvalue weighted by Gasteiger charge is 2.22. The average molecular weight is 262 g/mol. The predicted octanol–water partition coefficient (Wildman–Crippen LogP) is 2.05. The van der Waals surface area contributed by atoms with Crippen molar-refractivity contribution in [3.8, 4) is 0 Å². The molecule has 1 aliphatic heterocycles. The Hall–Kier alpha value is -1.55. The van der Waals surface area contributed by atoms with Crippen LogP contribution in [0.1, 0.15) is 18.9 Å². The molecule has 0 aliphatic carbocycles. The number of nitrogens with one attached hydrogen (secondary N) is 1. The summed E-state index contributed by atoms with van der Waals surface area (Å²) in [5.41, 5.74) is 1.30. The van der Waals surface area contributed by atoms with E-state index < -0.39 is 0 Å². The van der Waals surface area contributed by atoms with Gasteiger partial charge < -0.3 is 15.0 Å². The fraction of sp³-hybridized carbons (Fsp3) is 0.533. The first-order valence-electron chi connectivity index (χ1n) is 6.98. The van der Waals surface area contributed by atoms with Crippen molar-refractivity contribution < 1.29 is 9.53 Å². The molecule has 0 bridgehead atoms. The van der Waals surface area contributed by atoms with E-state index in [4.69, 9.17) is 4.74 Å². The van der Waals surface area contributed by atoms with Crippen LogP contribution in [-0.4, -0.2) is 43.3 Å². The molecule has 1 aromatic rings. The molecule has 2 rings (SSSR count). The predicted molar refractivity (Wildman–Crippen MR) is 75.1 cm³/mol. The Balaban J connectivity index is 1.94. The quantitative estimate of drug-likeness (QED) is 0.906. The van der Waals surface area contributed by atoms with Crippen LogP contribution in [0.25, 0.3) is 0 Å². The normalized spacial score (nSPS) is 19.8. The van der Waals surface area contributed by atoms with E-state index in [9.17, 15) is 4.79 Å². The summed E-state index contributed by atoms with van der Waals surface area (Å²) >= 11 is 0. The second-order valence-corrected chi connectivity index (χ2v) is 4.84. The van der Waals surface area contributed by atoms with Crippen LogP contribution in [-0.2, 0) is 11.2 Å². The van der Waals surface area contributed by atoms with Crippen molar-refractivity contribution in [1.29, 1.82) is 0 Å². The molecule has 4 nitrogen and oxygen atoms in total. The number of amides is 1. The first-order valence-corrected chi connectivity index (χ1v) is 6.98. The fourth-order valence-electron chi connectivity index (χ4n) is 2.41. The van der Waals surface area contributed by atoms with E-state index in [0.29, 0.717) is 19.2 Å². The minimum Gasteiger partial charge on any atom is -0.450 e. The number of rotatable bonds is 3. The molecule has 19 heavy (non-hydrogen) atoms. The lowest BCUT2D eigenvalue weighted by Gasteiger charge is -2.23. The van der Waals surface area contributed by atoms with Gasteiger partial charge in [0, 0.05) is 19.1 Å². The zero-order chi connectivity index (χ0) is 13.5. The maximum absolute atomic E-state index is 11.8. The monoisotopic (exact) mass is 262 g/mol. The van der Waals surface area contributed by atoms with Gasteiger partial charge in [0.1, 0.15) is 0 Å². The van der Waals surface area contributed by atoms with Crippen molar-refractivity contribution in [1.82, 2.24) is 10.2 Å². The first-order chi connectivity index (χ1) is 9.29. The molecule has 0 radical (unpaired) electrons. The smallest absolute Gasteiger partial charge is 0.409 e. The molecular weight excluding hydrogens is 240 g/mol. The largest absolute Gasteiger partial charge is 0.450 e. The van der Waals surface area contributed by atoms with Gasteiger partial charge in [-0.05, 0) is 31.9 Å². The van der Waals surface area contributed by atoms with Gasteiger partial charge in [-0.1, -0.05) is 30.3 Å². The van der Waals surface area contributed by atoms with E-state index in [0.717, 1.165) is 25.9 Å². The van der Waals surface area contributed by atoms with Crippen LogP contribution in [0.15, 0.2) is 30.3 Å². The maximum Gasteiger partial charge on any atom is 0.409 e. The lowest BCUT2D eigenvalue weighted by Crippen LogP contribution is -2.42. The number of carbonyl (C=O) groups excluding carboxylic acids is 1. The molecule has 1 aromatic carbocycles. The molecule has 1 amide bonds. The van der Waals surface area contributed by atoms with Crippen LogP contribution in [0.2, 0.25) is 0 Å². The van der Waals surface area contributed by atoms with Gasteiger partial charge in [0.2, 0.25) is 0 Å². The highest BCUT2D eigenvalue weighted by atomic mass is 16.6. The van der Waals surface area contributed by atoms with Crippen LogP contribution in [0, 0.1) is 0 Å². The summed E-state index contributed by atoms with van der Waals surface area (Å²) in [7, 11) is 0. The summed E-state index contributed by atoms with van der Waals surface area (Å²) in [4.78, 5) is 13.6. The highest BCUT2D eigenvalue weighted by Crippen LogP contribution is 2.09. The number of benzene rings is 1. The third-order valence-corrected chi connectivity index (χ3v) is 3.33. The molecule has 1 saturated heterocycles. The first kappa shape index (κ1) is 13.9. The van der Waals surface area contributed by atoms with Gasteiger partial charge in [0.25, 0.3) is 0 Å². The molecule has 1 N–H and O–H groups in total. The minimum absolute atomic E-state index is 0.190. The Bertz CT molecular complexity index is 394. The topological polar surface area (TPSA) is 41.6 Å². The molecular formula is C15H22N2O2. The van der Waals surface area contributed by atoms with E-state index in [1.54, 1.807) is 0 Å². The van der Waals surface area contributed by atoms with Crippen LogP contribution in [0.3, 0.4) is 0 Å². The Morgan fingerprint density at radius 3 is 2.95 bits per heavy atom. The van der Waals surface area contributed by atoms with E-state index in [1.165, 1.54) is 5.56 Å². The van der Waals surface area contributed by atoms with Crippen molar-refractivity contribution in [2.75, 3.05) is 26.2 Å². The number of ether oxygens (including phenoxy) is 1. The van der Waals surface area contributed by atoms with Crippen LogP contribution < -0.4 is 5.32 Å². The minimum atomic E-state index is -0.190. The van der Waals surface area contributed by atoms with Crippen molar-refractivity contribution >= 4 is 6.09 Å². The van der Waals surface area contributed by atoms with Gasteiger partial charge in [-0.3, -0.25) is 0 Å². The Kier molecular flexibility index (Phi) is 5.21. The van der Waals surface area contributed by atoms with Crippen molar-refractivity contribution in [2.45, 2.75) is 25.8 Å². The summed E-state index contributed by atoms with van der Waals surface area (Å²) in [5.74, 6) is 0. The number of nitrogens with zero attached hydrogens (tertiary/aromatic N) is 1. The second-order valence-electron chi connectivity index (χ2n) is 4.84. The summed E-state index contributed by atoms with van der Waals surface area (Å²) < 4.78 is 5.09. The Labute approximate surface area is 114 Å². The fourth-order valence-corrected chi connectivity index (χ4v) is 2.41. The molecule has 104 valence electrons. The summed E-state index contributed by atoms with van der Waals surface area (Å²) in [6, 6.07) is 10.7. The molecule has 0 aromatic heterocycles. The average Bonchev–Trinajstić information content (AvgIpc) is 2.66. The summed E-state index contributed by atoms with van der Waals surface area (Å²) in [5, 5.41) is 3.51. The molecule has 1 heterocycles. The third-order valence-electron chi connectivity index (χ3n) is 3.33. The van der Waals surface area contributed by atoms with Gasteiger partial charge in [0.05, 0.1) is 6.61 Å². The Morgan fingerprint density at radius 1 is 1.42 bits per heavy atom. The van der Waals surface area contributed by atoms with E-state index in [1.807, 2.05) is 17.9 Å². The van der Waals surface area contributed by atoms with Gasteiger partial charge >= 0.3 is 6.09 Å². The molecule has 0 spiro atoms. The van der Waals surface area contributed by atoms with Gasteiger partial charge in [-0.2, -0.15) is 0 Å². The Morgan fingerprint density at radius 2 is 2.21 bits per heavy atom. The number of carbonyl (C=O) groups is 1. The lowest BCUT2D eigenvalue weighted by atomic mass is 10.1. The molecule has 1 unspecified atom stereocenters. The second kappa shape index (κ2) is 7.14. The third kappa shape index (κ3) is 4.24. The van der Waals surface area contributed by atoms with Crippen molar-refractivity contribution in [3.05, 3.63) is 35.9 Å². The highest BCUT2D eigenvalue weighted by molar-refractivity contribution is 5.67. The molecule has 1 fully saturated rings. The number of hydrogen-bond acceptors (Lipinski definition) is 3. The van der Waals surface area contributed by atoms with E-state index >= 15 is 0 Å². The van der Waals surface area contributed by atoms with Gasteiger partial charge in [-0.25, -0.2) is 4.79 Å². The lowest BCUT2D eigenvalue weighted by molar-refractivity contribution is 0.106. The van der Waals surface area contributed by atoms with Crippen LogP contribution >= 0.6 is 0 Å². The van der Waals surface area contributed by atoms with Gasteiger partial charge in [0.15, 0.2) is 0 Å². The standard InChI is InChI=1S/C15H22N2O2/c1-2-19-15(18)17-10-6-9-16-14(12-17)11-13-7-4-3-5-8-13/h3-5,7-8,14,16H,2,6,9-12H2,1H3. The zero-order valence-corrected chi connectivity index (χ0v) is 11.5. The maximum atomic E-state index is 11.8. The zero-order valence-electron chi connectivity index (χ0n) is 11.5. The summed E-state index contributed by atoms with van der Waals surface area (Å²) in [6.07, 6.45) is 1.73. The van der Waals surface area contributed by atoms with Gasteiger partial charge in [-0.15, -0.1) is 0 Å². The molecule has 0 saturated carbocycles. The summed E-state index contributed by atoms with van der Waals surface area (Å²) in [6.45, 7) is 4.72. The number of hydrogen-bond donors (Lipinski definition) is 1. The van der Waals surface area contributed by atoms with Crippen molar-refractivity contribution in [3.63, 3.8) is 0 Å². The van der Waals surface area contributed by atoms with Crippen LogP contribution in [0.4, 0.5) is 4.79 Å².